The number of hydrogen-bond donors (Lipinski definition) is 0. The molecule has 9 rings (SSSR count). The van der Waals surface area contributed by atoms with Crippen molar-refractivity contribution in [3.05, 3.63) is 165 Å². The first-order valence-corrected chi connectivity index (χ1v) is 19.0. The number of nitrogens with zero attached hydrogens (tertiary/aromatic N) is 9. The second-order valence-electron chi connectivity index (χ2n) is 14.2. The van der Waals surface area contributed by atoms with Gasteiger partial charge >= 0.3 is 0 Å². The zero-order chi connectivity index (χ0) is 37.7. The average Bonchev–Trinajstić information content (AvgIpc) is 3.93. The molecular formula is C46H44IrN9-5. The molecule has 4 aromatic heterocycles. The maximum Gasteiger partial charge on any atom is 0.124 e. The molecule has 287 valence electrons. The van der Waals surface area contributed by atoms with Crippen molar-refractivity contribution in [2.45, 2.75) is 52.4 Å². The first kappa shape index (κ1) is 38.7. The van der Waals surface area contributed by atoms with E-state index in [0.29, 0.717) is 11.8 Å². The number of unbranched alkanes of at least 4 members (excludes halogenated alkanes) is 1. The third-order valence-corrected chi connectivity index (χ3v) is 9.74. The molecule has 0 bridgehead atoms. The van der Waals surface area contributed by atoms with Gasteiger partial charge in [0.05, 0.1) is 5.69 Å². The Bertz CT molecular complexity index is 2230. The minimum atomic E-state index is 0. The molecule has 10 heteroatoms. The Labute approximate surface area is 344 Å². The molecule has 56 heavy (non-hydrogen) atoms. The molecule has 0 unspecified atom stereocenters. The van der Waals surface area contributed by atoms with Gasteiger partial charge in [0.2, 0.25) is 0 Å². The number of rotatable bonds is 10. The average molecular weight is 915 g/mol. The van der Waals surface area contributed by atoms with Crippen LogP contribution in [0.4, 0.5) is 34.4 Å². The van der Waals surface area contributed by atoms with Crippen molar-refractivity contribution >= 4 is 40.0 Å². The molecule has 0 saturated carbocycles. The zero-order valence-electron chi connectivity index (χ0n) is 32.0. The molecule has 3 aromatic carbocycles. The summed E-state index contributed by atoms with van der Waals surface area (Å²) < 4.78 is 2.18. The van der Waals surface area contributed by atoms with Gasteiger partial charge in [0.1, 0.15) is 17.3 Å². The number of pyridine rings is 2. The van der Waals surface area contributed by atoms with Crippen LogP contribution in [0.3, 0.4) is 0 Å². The van der Waals surface area contributed by atoms with Crippen LogP contribution >= 0.6 is 0 Å². The van der Waals surface area contributed by atoms with Crippen LogP contribution in [0.15, 0.2) is 122 Å². The van der Waals surface area contributed by atoms with E-state index in [1.165, 1.54) is 5.69 Å². The molecule has 7 aromatic rings. The summed E-state index contributed by atoms with van der Waals surface area (Å²) in [7, 11) is 0. The Hall–Kier alpha value is -5.57. The van der Waals surface area contributed by atoms with Gasteiger partial charge in [0.15, 0.2) is 0 Å². The number of anilines is 6. The largest absolute Gasteiger partial charge is 0.500 e. The smallest absolute Gasteiger partial charge is 0.124 e. The van der Waals surface area contributed by atoms with Crippen molar-refractivity contribution in [2.75, 3.05) is 32.7 Å². The van der Waals surface area contributed by atoms with Gasteiger partial charge < -0.3 is 24.0 Å². The fraction of sp³-hybridized carbons (Fsp3) is 0.217. The van der Waals surface area contributed by atoms with Crippen LogP contribution in [0.2, 0.25) is 0 Å². The van der Waals surface area contributed by atoms with Crippen LogP contribution in [-0.2, 0) is 20.1 Å². The third kappa shape index (κ3) is 7.90. The van der Waals surface area contributed by atoms with Gasteiger partial charge in [-0.3, -0.25) is 4.98 Å². The molecule has 9 nitrogen and oxygen atoms in total. The standard InChI is InChI=1S/C28H24N6.C18H20N3.Ir/c1-3-11-23(12-4-1)33-21-31(25-15-9-17-29-27(25)33)19-7-8-20-32-22-34(24-13-5-2-6-14-24)28-26(32)16-10-18-30-28;1-12(2)15-17(13(3)4)21-11-10-19-16(18(21)20-15)14-8-6-5-7-9-14;/h1-6,9-11,13,15-18,21-22H,7-8,19-20H2;5-8,10-13H,1-4H3;/q-4;-1;. The van der Waals surface area contributed by atoms with E-state index in [0.717, 1.165) is 82.9 Å². The summed E-state index contributed by atoms with van der Waals surface area (Å²) in [5.74, 6) is 2.72. The van der Waals surface area contributed by atoms with Crippen molar-refractivity contribution in [3.8, 4) is 11.3 Å². The van der Waals surface area contributed by atoms with E-state index in [1.54, 1.807) is 0 Å². The van der Waals surface area contributed by atoms with E-state index in [-0.39, 0.29) is 20.1 Å². The summed E-state index contributed by atoms with van der Waals surface area (Å²) in [5, 5.41) is 0. The monoisotopic (exact) mass is 915 g/mol. The fourth-order valence-corrected chi connectivity index (χ4v) is 7.19. The van der Waals surface area contributed by atoms with Gasteiger partial charge in [0, 0.05) is 67.7 Å². The molecule has 0 N–H and O–H groups in total. The maximum absolute atomic E-state index is 4.89. The van der Waals surface area contributed by atoms with Gasteiger partial charge in [-0.1, -0.05) is 27.7 Å². The van der Waals surface area contributed by atoms with Crippen molar-refractivity contribution in [2.24, 2.45) is 0 Å². The van der Waals surface area contributed by atoms with E-state index in [9.17, 15) is 0 Å². The van der Waals surface area contributed by atoms with Crippen LogP contribution < -0.4 is 19.6 Å². The number of hydrogen-bond acceptors (Lipinski definition) is 8. The third-order valence-electron chi connectivity index (χ3n) is 9.74. The summed E-state index contributed by atoms with van der Waals surface area (Å²) >= 11 is 0. The summed E-state index contributed by atoms with van der Waals surface area (Å²) in [5.41, 5.74) is 9.51. The Morgan fingerprint density at radius 2 is 1.16 bits per heavy atom. The molecule has 0 fully saturated rings. The zero-order valence-corrected chi connectivity index (χ0v) is 34.4. The first-order chi connectivity index (χ1) is 27.0. The quantitative estimate of drug-likeness (QED) is 0.0993. The van der Waals surface area contributed by atoms with E-state index in [4.69, 9.17) is 4.98 Å². The van der Waals surface area contributed by atoms with Crippen LogP contribution in [0.1, 0.15) is 63.8 Å². The van der Waals surface area contributed by atoms with Gasteiger partial charge in [-0.05, 0) is 62.0 Å². The topological polar surface area (TPSA) is 68.9 Å². The maximum atomic E-state index is 4.89. The summed E-state index contributed by atoms with van der Waals surface area (Å²) in [4.78, 5) is 27.5. The van der Waals surface area contributed by atoms with Gasteiger partial charge in [-0.2, -0.15) is 74.0 Å². The Morgan fingerprint density at radius 1 is 0.607 bits per heavy atom. The number of imidazole rings is 1. The molecular weight excluding hydrogens is 871 g/mol. The summed E-state index contributed by atoms with van der Waals surface area (Å²) in [6.07, 6.45) is 9.65. The number of aromatic nitrogens is 5. The normalized spacial score (nSPS) is 13.2. The van der Waals surface area contributed by atoms with Crippen molar-refractivity contribution in [1.29, 1.82) is 0 Å². The molecule has 2 aliphatic heterocycles. The Morgan fingerprint density at radius 3 is 1.64 bits per heavy atom. The van der Waals surface area contributed by atoms with E-state index in [2.05, 4.69) is 122 Å². The van der Waals surface area contributed by atoms with Gasteiger partial charge in [-0.15, -0.1) is 47.3 Å². The summed E-state index contributed by atoms with van der Waals surface area (Å²) in [6, 6.07) is 42.0. The van der Waals surface area contributed by atoms with Crippen molar-refractivity contribution < 1.29 is 20.1 Å². The molecule has 0 saturated heterocycles. The second-order valence-corrected chi connectivity index (χ2v) is 14.2. The second kappa shape index (κ2) is 17.5. The summed E-state index contributed by atoms with van der Waals surface area (Å²) in [6.45, 7) is 14.9. The molecule has 1 radical (unpaired) electrons. The Kier molecular flexibility index (Phi) is 12.1. The van der Waals surface area contributed by atoms with E-state index < -0.39 is 0 Å². The predicted octanol–water partition coefficient (Wildman–Crippen LogP) is 10.2. The van der Waals surface area contributed by atoms with Gasteiger partial charge in [-0.25, -0.2) is 15.0 Å². The number of fused-ring (bicyclic) bond motifs is 3. The molecule has 0 atom stereocenters. The molecule has 0 spiro atoms. The van der Waals surface area contributed by atoms with Crippen LogP contribution in [-0.4, -0.2) is 37.4 Å². The Balaban J connectivity index is 0.000000188. The fourth-order valence-electron chi connectivity index (χ4n) is 7.19. The minimum absolute atomic E-state index is 0. The van der Waals surface area contributed by atoms with Crippen molar-refractivity contribution in [1.82, 2.24) is 24.3 Å². The SMILES string of the molecule is CC(C)c1nc2c(-c3[c-]cccc3)nccn2c1C(C)C.[Ir].[c-]1ccccc1N1[CH-]N(CCCCN2[CH-]N(c3[c-]cccc3)c3ncccc32)c2cccnc21. The minimum Gasteiger partial charge on any atom is -0.500 e. The van der Waals surface area contributed by atoms with Crippen LogP contribution in [0.25, 0.3) is 16.9 Å². The van der Waals surface area contributed by atoms with E-state index >= 15 is 0 Å². The molecule has 2 aliphatic rings. The first-order valence-electron chi connectivity index (χ1n) is 19.0. The molecule has 0 amide bonds. The van der Waals surface area contributed by atoms with Crippen LogP contribution in [0.5, 0.6) is 0 Å². The number of para-hydroxylation sites is 2. The molecule has 6 heterocycles. The predicted molar refractivity (Wildman–Crippen MR) is 221 cm³/mol. The van der Waals surface area contributed by atoms with E-state index in [1.807, 2.05) is 97.6 Å². The molecule has 0 aliphatic carbocycles. The van der Waals surface area contributed by atoms with Gasteiger partial charge in [0.25, 0.3) is 0 Å². The number of benzene rings is 3. The van der Waals surface area contributed by atoms with Crippen molar-refractivity contribution in [3.63, 3.8) is 0 Å². The van der Waals surface area contributed by atoms with Crippen LogP contribution in [0, 0.1) is 31.5 Å².